The summed E-state index contributed by atoms with van der Waals surface area (Å²) in [5.74, 6) is -2.70. The monoisotopic (exact) mass is 327 g/mol. The summed E-state index contributed by atoms with van der Waals surface area (Å²) in [6, 6.07) is 3.78. The molecule has 0 radical (unpaired) electrons. The van der Waals surface area contributed by atoms with E-state index in [-0.39, 0.29) is 11.6 Å². The first kappa shape index (κ1) is 13.7. The van der Waals surface area contributed by atoms with Gasteiger partial charge in [0.2, 0.25) is 0 Å². The Morgan fingerprint density at radius 1 is 1.37 bits per heavy atom. The lowest BCUT2D eigenvalue weighted by Crippen LogP contribution is -2.33. The molecule has 1 aromatic rings. The third-order valence-corrected chi connectivity index (χ3v) is 3.39. The smallest absolute Gasteiger partial charge is 0.310 e. The Morgan fingerprint density at radius 2 is 2.11 bits per heavy atom. The van der Waals surface area contributed by atoms with Crippen LogP contribution in [0.25, 0.3) is 0 Å². The summed E-state index contributed by atoms with van der Waals surface area (Å²) in [4.78, 5) is 22.6. The number of carbonyl (C=O) groups is 2. The second-order valence-corrected chi connectivity index (χ2v) is 5.19. The summed E-state index contributed by atoms with van der Waals surface area (Å²) >= 11 is 3.11. The molecule has 0 bridgehead atoms. The van der Waals surface area contributed by atoms with Crippen molar-refractivity contribution in [2.45, 2.75) is 12.5 Å². The number of carbonyl (C=O) groups excluding carboxylic acids is 1. The number of halogens is 2. The van der Waals surface area contributed by atoms with Gasteiger partial charge in [-0.3, -0.25) is 9.59 Å². The van der Waals surface area contributed by atoms with E-state index in [9.17, 15) is 14.0 Å². The lowest BCUT2D eigenvalue weighted by molar-refractivity contribution is -0.140. The Hall–Kier alpha value is -1.69. The Morgan fingerprint density at radius 3 is 2.68 bits per heavy atom. The average molecular weight is 328 g/mol. The minimum Gasteiger partial charge on any atom is -0.481 e. The summed E-state index contributed by atoms with van der Waals surface area (Å²) in [5, 5.41) is 11.4. The molecule has 2 N–H and O–H groups in total. The Bertz CT molecular complexity index is 559. The fraction of sp³-hybridized carbons (Fsp3) is 0.231. The number of hydrogen-bond donors (Lipinski definition) is 2. The minimum atomic E-state index is -0.928. The molecule has 0 aromatic heterocycles. The third-order valence-electron chi connectivity index (χ3n) is 2.89. The van der Waals surface area contributed by atoms with Crippen LogP contribution >= 0.6 is 15.9 Å². The van der Waals surface area contributed by atoms with Crippen LogP contribution in [0.2, 0.25) is 0 Å². The van der Waals surface area contributed by atoms with Crippen molar-refractivity contribution in [1.29, 1.82) is 0 Å². The summed E-state index contributed by atoms with van der Waals surface area (Å²) in [6.07, 6.45) is 3.44. The molecule has 1 aliphatic rings. The van der Waals surface area contributed by atoms with E-state index in [1.165, 1.54) is 18.2 Å². The SMILES string of the molecule is O=C(NC1C=CC(C(=O)O)C1)c1ccc(Br)cc1F. The van der Waals surface area contributed by atoms with Gasteiger partial charge in [0.1, 0.15) is 5.82 Å². The van der Waals surface area contributed by atoms with Crippen LogP contribution < -0.4 is 5.32 Å². The number of nitrogens with one attached hydrogen (secondary N) is 1. The van der Waals surface area contributed by atoms with Gasteiger partial charge in [0, 0.05) is 10.5 Å². The van der Waals surface area contributed by atoms with E-state index in [0.29, 0.717) is 10.9 Å². The topological polar surface area (TPSA) is 66.4 Å². The van der Waals surface area contributed by atoms with Crippen molar-refractivity contribution in [3.63, 3.8) is 0 Å². The molecule has 6 heteroatoms. The van der Waals surface area contributed by atoms with Crippen molar-refractivity contribution >= 4 is 27.8 Å². The average Bonchev–Trinajstić information content (AvgIpc) is 2.77. The van der Waals surface area contributed by atoms with Crippen molar-refractivity contribution in [3.05, 3.63) is 46.2 Å². The van der Waals surface area contributed by atoms with Gasteiger partial charge in [-0.15, -0.1) is 0 Å². The van der Waals surface area contributed by atoms with Gasteiger partial charge in [-0.1, -0.05) is 28.1 Å². The highest BCUT2D eigenvalue weighted by Crippen LogP contribution is 2.19. The molecule has 0 aliphatic heterocycles. The molecule has 0 saturated carbocycles. The van der Waals surface area contributed by atoms with Crippen LogP contribution in [0.5, 0.6) is 0 Å². The molecule has 19 heavy (non-hydrogen) atoms. The van der Waals surface area contributed by atoms with Crippen LogP contribution in [0.1, 0.15) is 16.8 Å². The maximum Gasteiger partial charge on any atom is 0.310 e. The van der Waals surface area contributed by atoms with Gasteiger partial charge in [0.15, 0.2) is 0 Å². The maximum atomic E-state index is 13.6. The van der Waals surface area contributed by atoms with Gasteiger partial charge in [-0.05, 0) is 24.6 Å². The Labute approximate surface area is 117 Å². The lowest BCUT2D eigenvalue weighted by Gasteiger charge is -2.12. The van der Waals surface area contributed by atoms with E-state index < -0.39 is 23.6 Å². The van der Waals surface area contributed by atoms with Crippen molar-refractivity contribution in [2.24, 2.45) is 5.92 Å². The molecule has 2 atom stereocenters. The van der Waals surface area contributed by atoms with Crippen LogP contribution in [0.4, 0.5) is 4.39 Å². The van der Waals surface area contributed by atoms with E-state index in [4.69, 9.17) is 5.11 Å². The molecule has 1 aromatic carbocycles. The molecule has 4 nitrogen and oxygen atoms in total. The van der Waals surface area contributed by atoms with Crippen LogP contribution in [-0.4, -0.2) is 23.0 Å². The maximum absolute atomic E-state index is 13.6. The van der Waals surface area contributed by atoms with Crippen molar-refractivity contribution < 1.29 is 19.1 Å². The van der Waals surface area contributed by atoms with Crippen LogP contribution in [0.15, 0.2) is 34.8 Å². The predicted octanol–water partition coefficient (Wildman–Crippen LogP) is 2.35. The first-order valence-electron chi connectivity index (χ1n) is 5.64. The van der Waals surface area contributed by atoms with Gasteiger partial charge >= 0.3 is 5.97 Å². The van der Waals surface area contributed by atoms with Crippen molar-refractivity contribution in [2.75, 3.05) is 0 Å². The minimum absolute atomic E-state index is 0.0598. The molecule has 2 rings (SSSR count). The standard InChI is InChI=1S/C13H11BrFNO3/c14-8-2-4-10(11(15)6-8)12(17)16-9-3-1-7(5-9)13(18)19/h1-4,6-7,9H,5H2,(H,16,17)(H,18,19). The Balaban J connectivity index is 2.03. The molecule has 1 amide bonds. The Kier molecular flexibility index (Phi) is 3.99. The van der Waals surface area contributed by atoms with E-state index in [1.807, 2.05) is 0 Å². The highest BCUT2D eigenvalue weighted by Gasteiger charge is 2.26. The quantitative estimate of drug-likeness (QED) is 0.837. The van der Waals surface area contributed by atoms with Crippen molar-refractivity contribution in [1.82, 2.24) is 5.32 Å². The fourth-order valence-electron chi connectivity index (χ4n) is 1.91. The van der Waals surface area contributed by atoms with Crippen LogP contribution in [-0.2, 0) is 4.79 Å². The predicted molar refractivity (Wildman–Crippen MR) is 70.2 cm³/mol. The second-order valence-electron chi connectivity index (χ2n) is 4.27. The molecule has 0 heterocycles. The second kappa shape index (κ2) is 5.52. The summed E-state index contributed by atoms with van der Waals surface area (Å²) < 4.78 is 14.1. The molecular weight excluding hydrogens is 317 g/mol. The zero-order chi connectivity index (χ0) is 14.0. The lowest BCUT2D eigenvalue weighted by atomic mass is 10.1. The molecule has 0 spiro atoms. The fourth-order valence-corrected chi connectivity index (χ4v) is 2.24. The zero-order valence-electron chi connectivity index (χ0n) is 9.77. The summed E-state index contributed by atoms with van der Waals surface area (Å²) in [7, 11) is 0. The number of aliphatic carboxylic acids is 1. The number of carboxylic acid groups (broad SMARTS) is 1. The molecule has 0 fully saturated rings. The largest absolute Gasteiger partial charge is 0.481 e. The number of benzene rings is 1. The zero-order valence-corrected chi connectivity index (χ0v) is 11.4. The first-order valence-corrected chi connectivity index (χ1v) is 6.43. The number of hydrogen-bond acceptors (Lipinski definition) is 2. The number of carboxylic acids is 1. The third kappa shape index (κ3) is 3.20. The van der Waals surface area contributed by atoms with Gasteiger partial charge in [0.05, 0.1) is 11.5 Å². The molecule has 2 unspecified atom stereocenters. The molecule has 0 saturated heterocycles. The van der Waals surface area contributed by atoms with E-state index in [1.54, 1.807) is 12.1 Å². The highest BCUT2D eigenvalue weighted by molar-refractivity contribution is 9.10. The number of amides is 1. The van der Waals surface area contributed by atoms with Crippen LogP contribution in [0.3, 0.4) is 0 Å². The van der Waals surface area contributed by atoms with E-state index in [0.717, 1.165) is 0 Å². The highest BCUT2D eigenvalue weighted by atomic mass is 79.9. The summed E-state index contributed by atoms with van der Waals surface area (Å²) in [6.45, 7) is 0. The van der Waals surface area contributed by atoms with Gasteiger partial charge in [-0.25, -0.2) is 4.39 Å². The first-order chi connectivity index (χ1) is 8.97. The molecule has 100 valence electrons. The normalized spacial score (nSPS) is 21.4. The molecule has 1 aliphatic carbocycles. The van der Waals surface area contributed by atoms with Gasteiger partial charge in [-0.2, -0.15) is 0 Å². The van der Waals surface area contributed by atoms with Crippen molar-refractivity contribution in [3.8, 4) is 0 Å². The van der Waals surface area contributed by atoms with E-state index >= 15 is 0 Å². The van der Waals surface area contributed by atoms with E-state index in [2.05, 4.69) is 21.2 Å². The van der Waals surface area contributed by atoms with Crippen LogP contribution in [0, 0.1) is 11.7 Å². The molecular formula is C13H11BrFNO3. The van der Waals surface area contributed by atoms with Gasteiger partial charge in [0.25, 0.3) is 5.91 Å². The summed E-state index contributed by atoms with van der Waals surface area (Å²) in [5.41, 5.74) is -0.0598. The van der Waals surface area contributed by atoms with Gasteiger partial charge < -0.3 is 10.4 Å². The number of rotatable bonds is 3.